The fraction of sp³-hybridized carbons (Fsp3) is 0.208. The van der Waals surface area contributed by atoms with Crippen LogP contribution in [0.1, 0.15) is 24.8 Å². The van der Waals surface area contributed by atoms with Gasteiger partial charge in [0, 0.05) is 41.0 Å². The van der Waals surface area contributed by atoms with Crippen molar-refractivity contribution >= 4 is 46.3 Å². The van der Waals surface area contributed by atoms with Gasteiger partial charge in [-0.1, -0.05) is 41.4 Å². The number of amides is 1. The van der Waals surface area contributed by atoms with Crippen LogP contribution in [0.2, 0.25) is 10.0 Å². The number of hydrogen-bond donors (Lipinski definition) is 1. The van der Waals surface area contributed by atoms with Crippen molar-refractivity contribution in [1.29, 1.82) is 5.26 Å². The summed E-state index contributed by atoms with van der Waals surface area (Å²) in [5.74, 6) is -0.438. The minimum atomic E-state index is -1.56. The number of nitrogens with zero attached hydrogens (tertiary/aromatic N) is 3. The minimum Gasteiger partial charge on any atom is -0.384 e. The van der Waals surface area contributed by atoms with Crippen molar-refractivity contribution in [3.63, 3.8) is 0 Å². The van der Waals surface area contributed by atoms with Gasteiger partial charge in [0.25, 0.3) is 0 Å². The minimum absolute atomic E-state index is 0.0271. The first-order valence-electron chi connectivity index (χ1n) is 10.1. The number of para-hydroxylation sites is 1. The first-order chi connectivity index (χ1) is 15.3. The van der Waals surface area contributed by atoms with Gasteiger partial charge in [-0.25, -0.2) is 0 Å². The van der Waals surface area contributed by atoms with Crippen molar-refractivity contribution in [2.75, 3.05) is 16.8 Å². The number of hydrogen-bond acceptors (Lipinski definition) is 5. The number of Topliss-reactive ketones (excluding diaryl/α,β-unsaturated/α-hetero) is 1. The molecule has 0 saturated carbocycles. The fourth-order valence-corrected chi connectivity index (χ4v) is 5.67. The van der Waals surface area contributed by atoms with Gasteiger partial charge in [0.05, 0.1) is 16.3 Å². The zero-order chi connectivity index (χ0) is 22.8. The Morgan fingerprint density at radius 3 is 2.56 bits per heavy atom. The second-order valence-electron chi connectivity index (χ2n) is 8.03. The van der Waals surface area contributed by atoms with E-state index in [1.807, 2.05) is 12.1 Å². The normalized spacial score (nSPS) is 22.4. The highest BCUT2D eigenvalue weighted by atomic mass is 35.5. The Labute approximate surface area is 195 Å². The van der Waals surface area contributed by atoms with Gasteiger partial charge >= 0.3 is 0 Å². The number of halogens is 2. The number of nitrogens with two attached hydrogens (primary N) is 1. The van der Waals surface area contributed by atoms with Crippen molar-refractivity contribution in [1.82, 2.24) is 0 Å². The van der Waals surface area contributed by atoms with E-state index >= 15 is 0 Å². The molecule has 1 unspecified atom stereocenters. The van der Waals surface area contributed by atoms with Crippen LogP contribution in [0.15, 0.2) is 65.1 Å². The lowest BCUT2D eigenvalue weighted by atomic mass is 9.64. The van der Waals surface area contributed by atoms with Gasteiger partial charge in [0.15, 0.2) is 5.78 Å². The number of benzene rings is 2. The predicted molar refractivity (Wildman–Crippen MR) is 123 cm³/mol. The van der Waals surface area contributed by atoms with Crippen molar-refractivity contribution in [2.24, 2.45) is 5.73 Å². The van der Waals surface area contributed by atoms with Crippen molar-refractivity contribution in [3.8, 4) is 6.07 Å². The van der Waals surface area contributed by atoms with Crippen molar-refractivity contribution < 1.29 is 9.59 Å². The van der Waals surface area contributed by atoms with Crippen LogP contribution in [0.4, 0.5) is 11.4 Å². The monoisotopic (exact) mass is 464 g/mol. The SMILES string of the molecule is CN1C(=O)C2(C(C#N)=C(N)N(c3ccc(Cl)cc3Cl)C3=C2C(=O)CCC3)c2ccccc21. The number of rotatable bonds is 1. The van der Waals surface area contributed by atoms with E-state index in [2.05, 4.69) is 6.07 Å². The Bertz CT molecular complexity index is 1320. The van der Waals surface area contributed by atoms with E-state index in [0.717, 1.165) is 0 Å². The standard InChI is InChI=1S/C24H18Cl2N4O2/c1-29-17-6-3-2-5-14(17)24(23(29)32)15(12-27)22(28)30(18-10-9-13(25)11-16(18)26)19-7-4-8-20(31)21(19)24/h2-3,5-6,9-11H,4,7-8,28H2,1H3. The van der Waals surface area contributed by atoms with Crippen LogP contribution in [0.25, 0.3) is 0 Å². The molecule has 1 aliphatic carbocycles. The lowest BCUT2D eigenvalue weighted by Crippen LogP contribution is -2.52. The number of nitriles is 1. The summed E-state index contributed by atoms with van der Waals surface area (Å²) in [5, 5.41) is 11.1. The maximum absolute atomic E-state index is 13.8. The predicted octanol–water partition coefficient (Wildman–Crippen LogP) is 4.43. The summed E-state index contributed by atoms with van der Waals surface area (Å²) in [6.07, 6.45) is 1.41. The van der Waals surface area contributed by atoms with E-state index in [4.69, 9.17) is 28.9 Å². The Balaban J connectivity index is 1.91. The summed E-state index contributed by atoms with van der Waals surface area (Å²) in [7, 11) is 1.65. The molecule has 2 aromatic carbocycles. The summed E-state index contributed by atoms with van der Waals surface area (Å²) >= 11 is 12.6. The van der Waals surface area contributed by atoms with Crippen LogP contribution in [0, 0.1) is 11.3 Å². The molecule has 160 valence electrons. The van der Waals surface area contributed by atoms with Gasteiger partial charge in [-0.2, -0.15) is 5.26 Å². The van der Waals surface area contributed by atoms with E-state index in [-0.39, 0.29) is 23.1 Å². The molecule has 0 saturated heterocycles. The molecule has 0 aromatic heterocycles. The number of likely N-dealkylation sites (N-methyl/N-ethyl adjacent to an activating group) is 1. The van der Waals surface area contributed by atoms with E-state index in [9.17, 15) is 14.9 Å². The number of carbonyl (C=O) groups is 2. The Morgan fingerprint density at radius 1 is 1.09 bits per heavy atom. The number of allylic oxidation sites excluding steroid dienone is 1. The first kappa shape index (κ1) is 20.6. The zero-order valence-corrected chi connectivity index (χ0v) is 18.7. The second kappa shape index (κ2) is 7.13. The second-order valence-corrected chi connectivity index (χ2v) is 8.88. The molecule has 3 aliphatic rings. The number of anilines is 2. The lowest BCUT2D eigenvalue weighted by molar-refractivity contribution is -0.124. The molecule has 6 nitrogen and oxygen atoms in total. The Hall–Kier alpha value is -3.27. The first-order valence-corrected chi connectivity index (χ1v) is 10.9. The average Bonchev–Trinajstić information content (AvgIpc) is 2.98. The molecule has 2 aliphatic heterocycles. The van der Waals surface area contributed by atoms with Crippen LogP contribution in [-0.4, -0.2) is 18.7 Å². The maximum atomic E-state index is 13.8. The van der Waals surface area contributed by atoms with Crippen molar-refractivity contribution in [3.05, 3.63) is 80.7 Å². The molecule has 2 N–H and O–H groups in total. The molecule has 1 spiro atoms. The topological polar surface area (TPSA) is 90.4 Å². The van der Waals surface area contributed by atoms with E-state index in [0.29, 0.717) is 57.5 Å². The summed E-state index contributed by atoms with van der Waals surface area (Å²) < 4.78 is 0. The van der Waals surface area contributed by atoms with Crippen molar-refractivity contribution in [2.45, 2.75) is 24.7 Å². The largest absolute Gasteiger partial charge is 0.384 e. The molecular weight excluding hydrogens is 447 g/mol. The quantitative estimate of drug-likeness (QED) is 0.673. The van der Waals surface area contributed by atoms with Crippen LogP contribution in [-0.2, 0) is 15.0 Å². The summed E-state index contributed by atoms with van der Waals surface area (Å²) in [4.78, 5) is 30.4. The average molecular weight is 465 g/mol. The lowest BCUT2D eigenvalue weighted by Gasteiger charge is -2.44. The van der Waals surface area contributed by atoms with Gasteiger partial charge in [0.2, 0.25) is 5.91 Å². The highest BCUT2D eigenvalue weighted by Crippen LogP contribution is 2.56. The fourth-order valence-electron chi connectivity index (χ4n) is 5.17. The Kier molecular flexibility index (Phi) is 4.59. The number of fused-ring (bicyclic) bond motifs is 3. The Morgan fingerprint density at radius 2 is 1.84 bits per heavy atom. The van der Waals surface area contributed by atoms with Gasteiger partial charge in [0.1, 0.15) is 17.3 Å². The number of carbonyl (C=O) groups excluding carboxylic acids is 2. The molecule has 2 aromatic rings. The smallest absolute Gasteiger partial charge is 0.247 e. The molecule has 0 fully saturated rings. The molecule has 1 atom stereocenters. The molecular formula is C24H18Cl2N4O2. The third-order valence-electron chi connectivity index (χ3n) is 6.46. The third-order valence-corrected chi connectivity index (χ3v) is 7.00. The zero-order valence-electron chi connectivity index (χ0n) is 17.2. The van der Waals surface area contributed by atoms with Gasteiger partial charge in [-0.05, 0) is 37.1 Å². The van der Waals surface area contributed by atoms with Crippen LogP contribution in [0.5, 0.6) is 0 Å². The van der Waals surface area contributed by atoms with Gasteiger partial charge < -0.3 is 10.6 Å². The van der Waals surface area contributed by atoms with E-state index in [1.54, 1.807) is 42.3 Å². The highest BCUT2D eigenvalue weighted by Gasteiger charge is 2.61. The summed E-state index contributed by atoms with van der Waals surface area (Å²) in [6.45, 7) is 0. The maximum Gasteiger partial charge on any atom is 0.247 e. The summed E-state index contributed by atoms with van der Waals surface area (Å²) in [6, 6.07) is 14.3. The van der Waals surface area contributed by atoms with Crippen LogP contribution < -0.4 is 15.5 Å². The molecule has 1 amide bonds. The summed E-state index contributed by atoms with van der Waals surface area (Å²) in [5.41, 5.74) is 7.74. The highest BCUT2D eigenvalue weighted by molar-refractivity contribution is 6.36. The molecule has 32 heavy (non-hydrogen) atoms. The molecule has 2 heterocycles. The number of ketones is 1. The van der Waals surface area contributed by atoms with E-state index in [1.165, 1.54) is 4.90 Å². The molecule has 5 rings (SSSR count). The molecule has 0 radical (unpaired) electrons. The third kappa shape index (κ3) is 2.46. The van der Waals surface area contributed by atoms with Crippen LogP contribution in [0.3, 0.4) is 0 Å². The van der Waals surface area contributed by atoms with E-state index < -0.39 is 5.41 Å². The van der Waals surface area contributed by atoms with Gasteiger partial charge in [-0.15, -0.1) is 0 Å². The molecule has 8 heteroatoms. The van der Waals surface area contributed by atoms with Crippen LogP contribution >= 0.6 is 23.2 Å². The van der Waals surface area contributed by atoms with Gasteiger partial charge in [-0.3, -0.25) is 14.5 Å². The molecule has 0 bridgehead atoms.